The standard InChI is InChI=1S/C7H3F6NS/c8-6(9,10)4-1-5(3-14-2-4)15-7(11,12)13/h1-3H. The Morgan fingerprint density at radius 2 is 1.60 bits per heavy atom. The molecule has 1 aromatic rings. The summed E-state index contributed by atoms with van der Waals surface area (Å²) < 4.78 is 71.7. The normalized spacial score (nSPS) is 12.9. The van der Waals surface area contributed by atoms with Gasteiger partial charge in [-0.25, -0.2) is 0 Å². The lowest BCUT2D eigenvalue weighted by Gasteiger charge is -2.08. The Balaban J connectivity index is 2.94. The van der Waals surface area contributed by atoms with Gasteiger partial charge in [-0.15, -0.1) is 0 Å². The molecule has 0 saturated carbocycles. The Bertz CT molecular complexity index is 344. The van der Waals surface area contributed by atoms with Gasteiger partial charge in [0.2, 0.25) is 0 Å². The number of hydrogen-bond acceptors (Lipinski definition) is 2. The molecule has 1 rings (SSSR count). The summed E-state index contributed by atoms with van der Waals surface area (Å²) in [5.74, 6) is 0. The molecule has 0 amide bonds. The molecule has 0 bridgehead atoms. The van der Waals surface area contributed by atoms with Crippen molar-refractivity contribution >= 4 is 11.8 Å². The summed E-state index contributed by atoms with van der Waals surface area (Å²) in [5, 5.41) is 0. The van der Waals surface area contributed by atoms with Gasteiger partial charge in [-0.2, -0.15) is 26.3 Å². The summed E-state index contributed by atoms with van der Waals surface area (Å²) in [4.78, 5) is 2.51. The van der Waals surface area contributed by atoms with Crippen LogP contribution in [0.15, 0.2) is 23.4 Å². The first kappa shape index (κ1) is 12.2. The Labute approximate surface area is 84.5 Å². The summed E-state index contributed by atoms with van der Waals surface area (Å²) in [5.41, 5.74) is -5.82. The monoisotopic (exact) mass is 247 g/mol. The maximum atomic E-state index is 12.1. The van der Waals surface area contributed by atoms with Crippen molar-refractivity contribution in [3.05, 3.63) is 24.0 Å². The predicted octanol–water partition coefficient (Wildman–Crippen LogP) is 3.71. The predicted molar refractivity (Wildman–Crippen MR) is 41.2 cm³/mol. The molecule has 84 valence electrons. The first-order valence-corrected chi connectivity index (χ1v) is 4.28. The molecular formula is C7H3F6NS. The van der Waals surface area contributed by atoms with Gasteiger partial charge in [0, 0.05) is 17.3 Å². The van der Waals surface area contributed by atoms with Gasteiger partial charge in [0.25, 0.3) is 0 Å². The van der Waals surface area contributed by atoms with Crippen LogP contribution in [0.3, 0.4) is 0 Å². The summed E-state index contributed by atoms with van der Waals surface area (Å²) >= 11 is -0.631. The number of aromatic nitrogens is 1. The van der Waals surface area contributed by atoms with Gasteiger partial charge in [-0.1, -0.05) is 0 Å². The molecule has 1 heterocycles. The molecule has 0 aromatic carbocycles. The van der Waals surface area contributed by atoms with Crippen LogP contribution in [0.1, 0.15) is 5.56 Å². The van der Waals surface area contributed by atoms with Crippen LogP contribution >= 0.6 is 11.8 Å². The van der Waals surface area contributed by atoms with Gasteiger partial charge < -0.3 is 0 Å². The summed E-state index contributed by atoms with van der Waals surface area (Å²) in [7, 11) is 0. The van der Waals surface area contributed by atoms with E-state index in [-0.39, 0.29) is 0 Å². The van der Waals surface area contributed by atoms with Crippen LogP contribution in [0, 0.1) is 0 Å². The summed E-state index contributed by atoms with van der Waals surface area (Å²) in [6.07, 6.45) is -3.48. The van der Waals surface area contributed by atoms with E-state index in [4.69, 9.17) is 0 Å². The highest BCUT2D eigenvalue weighted by Gasteiger charge is 2.33. The van der Waals surface area contributed by atoms with E-state index in [0.717, 1.165) is 6.20 Å². The van der Waals surface area contributed by atoms with Crippen molar-refractivity contribution in [2.24, 2.45) is 0 Å². The molecule has 0 unspecified atom stereocenters. The Morgan fingerprint density at radius 1 is 1.00 bits per heavy atom. The lowest BCUT2D eigenvalue weighted by molar-refractivity contribution is -0.138. The summed E-state index contributed by atoms with van der Waals surface area (Å²) in [6.45, 7) is 0. The van der Waals surface area contributed by atoms with Gasteiger partial charge in [0.1, 0.15) is 0 Å². The van der Waals surface area contributed by atoms with Crippen molar-refractivity contribution in [2.75, 3.05) is 0 Å². The fourth-order valence-corrected chi connectivity index (χ4v) is 1.33. The Morgan fingerprint density at radius 3 is 2.07 bits per heavy atom. The van der Waals surface area contributed by atoms with E-state index in [0.29, 0.717) is 12.3 Å². The highest BCUT2D eigenvalue weighted by molar-refractivity contribution is 8.00. The van der Waals surface area contributed by atoms with Crippen LogP contribution in [0.25, 0.3) is 0 Å². The lowest BCUT2D eigenvalue weighted by Crippen LogP contribution is -2.06. The molecule has 0 aliphatic carbocycles. The maximum absolute atomic E-state index is 12.1. The van der Waals surface area contributed by atoms with Gasteiger partial charge in [-0.05, 0) is 17.8 Å². The highest BCUT2D eigenvalue weighted by Crippen LogP contribution is 2.38. The minimum absolute atomic E-state index is 0.408. The molecule has 0 atom stereocenters. The van der Waals surface area contributed by atoms with E-state index in [1.54, 1.807) is 0 Å². The fraction of sp³-hybridized carbons (Fsp3) is 0.286. The van der Waals surface area contributed by atoms with Crippen LogP contribution in [-0.4, -0.2) is 10.5 Å². The smallest absolute Gasteiger partial charge is 0.263 e. The Kier molecular flexibility index (Phi) is 3.17. The molecule has 0 aliphatic rings. The van der Waals surface area contributed by atoms with Crippen molar-refractivity contribution in [2.45, 2.75) is 16.6 Å². The van der Waals surface area contributed by atoms with Crippen LogP contribution in [0.2, 0.25) is 0 Å². The average molecular weight is 247 g/mol. The number of halogens is 6. The minimum Gasteiger partial charge on any atom is -0.263 e. The van der Waals surface area contributed by atoms with Crippen molar-refractivity contribution in [3.63, 3.8) is 0 Å². The van der Waals surface area contributed by atoms with Crippen molar-refractivity contribution in [1.29, 1.82) is 0 Å². The minimum atomic E-state index is -4.69. The van der Waals surface area contributed by atoms with Crippen LogP contribution < -0.4 is 0 Å². The Hall–Kier alpha value is -0.920. The van der Waals surface area contributed by atoms with Gasteiger partial charge in [0.05, 0.1) is 5.56 Å². The number of rotatable bonds is 1. The van der Waals surface area contributed by atoms with E-state index < -0.39 is 33.9 Å². The molecule has 8 heteroatoms. The molecule has 1 nitrogen and oxygen atoms in total. The average Bonchev–Trinajstić information content (AvgIpc) is 1.99. The second-order valence-corrected chi connectivity index (χ2v) is 3.59. The molecule has 0 N–H and O–H groups in total. The van der Waals surface area contributed by atoms with Crippen molar-refractivity contribution in [1.82, 2.24) is 4.98 Å². The van der Waals surface area contributed by atoms with E-state index in [2.05, 4.69) is 4.98 Å². The quantitative estimate of drug-likeness (QED) is 0.554. The molecule has 0 fully saturated rings. The fourth-order valence-electron chi connectivity index (χ4n) is 0.763. The van der Waals surface area contributed by atoms with Gasteiger partial charge in [-0.3, -0.25) is 4.98 Å². The number of hydrogen-bond donors (Lipinski definition) is 0. The van der Waals surface area contributed by atoms with Crippen LogP contribution in [0.5, 0.6) is 0 Å². The third-order valence-corrected chi connectivity index (χ3v) is 1.96. The van der Waals surface area contributed by atoms with E-state index in [1.165, 1.54) is 0 Å². The first-order chi connectivity index (χ1) is 6.68. The zero-order valence-corrected chi connectivity index (χ0v) is 7.67. The van der Waals surface area contributed by atoms with E-state index in [9.17, 15) is 26.3 Å². The SMILES string of the molecule is FC(F)(F)Sc1cncc(C(F)(F)F)c1. The van der Waals surface area contributed by atoms with Gasteiger partial charge in [0.15, 0.2) is 0 Å². The molecule has 0 saturated heterocycles. The van der Waals surface area contributed by atoms with Crippen molar-refractivity contribution in [3.8, 4) is 0 Å². The van der Waals surface area contributed by atoms with E-state index in [1.807, 2.05) is 0 Å². The molecule has 0 radical (unpaired) electrons. The van der Waals surface area contributed by atoms with Crippen LogP contribution in [-0.2, 0) is 6.18 Å². The van der Waals surface area contributed by atoms with Gasteiger partial charge >= 0.3 is 11.7 Å². The number of nitrogens with zero attached hydrogens (tertiary/aromatic N) is 1. The molecular weight excluding hydrogens is 244 g/mol. The second kappa shape index (κ2) is 3.92. The van der Waals surface area contributed by atoms with Crippen LogP contribution in [0.4, 0.5) is 26.3 Å². The molecule has 15 heavy (non-hydrogen) atoms. The number of alkyl halides is 6. The number of pyridine rings is 1. The maximum Gasteiger partial charge on any atom is 0.446 e. The first-order valence-electron chi connectivity index (χ1n) is 3.46. The zero-order valence-electron chi connectivity index (χ0n) is 6.86. The lowest BCUT2D eigenvalue weighted by atomic mass is 10.3. The molecule has 0 spiro atoms. The summed E-state index contributed by atoms with van der Waals surface area (Å²) in [6, 6.07) is 0.408. The third-order valence-electron chi connectivity index (χ3n) is 1.27. The number of thioether (sulfide) groups is 1. The second-order valence-electron chi connectivity index (χ2n) is 2.45. The molecule has 1 aromatic heterocycles. The topological polar surface area (TPSA) is 12.9 Å². The zero-order chi connectivity index (χ0) is 11.7. The van der Waals surface area contributed by atoms with E-state index >= 15 is 0 Å². The molecule has 0 aliphatic heterocycles. The largest absolute Gasteiger partial charge is 0.446 e. The highest BCUT2D eigenvalue weighted by atomic mass is 32.2. The van der Waals surface area contributed by atoms with Crippen molar-refractivity contribution < 1.29 is 26.3 Å². The third kappa shape index (κ3) is 3.98.